The molecule has 2 atom stereocenters. The van der Waals surface area contributed by atoms with E-state index in [1.807, 2.05) is 4.90 Å². The Morgan fingerprint density at radius 1 is 1.42 bits per heavy atom. The van der Waals surface area contributed by atoms with Crippen LogP contribution in [0.4, 0.5) is 11.5 Å². The Morgan fingerprint density at radius 2 is 2.11 bits per heavy atom. The molecule has 0 radical (unpaired) electrons. The van der Waals surface area contributed by atoms with Crippen molar-refractivity contribution in [3.63, 3.8) is 0 Å². The molecule has 1 saturated heterocycles. The molecule has 1 fully saturated rings. The zero-order valence-corrected chi connectivity index (χ0v) is 11.8. The van der Waals surface area contributed by atoms with Crippen molar-refractivity contribution in [3.05, 3.63) is 11.0 Å². The molecule has 1 amide bonds. The molecule has 6 nitrogen and oxygen atoms in total. The van der Waals surface area contributed by atoms with Crippen LogP contribution in [0.2, 0.25) is 5.28 Å². The maximum Gasteiger partial charge on any atom is 0.224 e. The number of anilines is 2. The predicted octanol–water partition coefficient (Wildman–Crippen LogP) is 1.11. The normalized spacial score (nSPS) is 23.4. The molecule has 0 spiro atoms. The number of carbonyl (C=O) groups excluding carboxylic acids is 1. The minimum absolute atomic E-state index is 0.162. The van der Waals surface area contributed by atoms with Gasteiger partial charge in [-0.15, -0.1) is 0 Å². The van der Waals surface area contributed by atoms with E-state index in [9.17, 15) is 4.79 Å². The van der Waals surface area contributed by atoms with Crippen molar-refractivity contribution in [1.29, 1.82) is 0 Å². The van der Waals surface area contributed by atoms with Crippen LogP contribution in [-0.4, -0.2) is 28.5 Å². The zero-order valence-electron chi connectivity index (χ0n) is 11.1. The standard InChI is InChI=1S/C12H18ClN5O/c1-6-3-4-8(10(15)19)5-18(6)11-9(14)7(2)16-12(13)17-11/h6,8H,3-5,14H2,1-2H3,(H2,15,19). The summed E-state index contributed by atoms with van der Waals surface area (Å²) in [5.74, 6) is 0.132. The van der Waals surface area contributed by atoms with Crippen molar-refractivity contribution in [3.8, 4) is 0 Å². The van der Waals surface area contributed by atoms with Crippen molar-refractivity contribution < 1.29 is 4.79 Å². The lowest BCUT2D eigenvalue weighted by atomic mass is 9.93. The molecule has 1 aromatic rings. The van der Waals surface area contributed by atoms with Crippen molar-refractivity contribution in [2.45, 2.75) is 32.7 Å². The summed E-state index contributed by atoms with van der Waals surface area (Å²) >= 11 is 5.89. The SMILES string of the molecule is Cc1nc(Cl)nc(N2CC(C(N)=O)CCC2C)c1N. The Labute approximate surface area is 117 Å². The Morgan fingerprint density at radius 3 is 2.74 bits per heavy atom. The topological polar surface area (TPSA) is 98.1 Å². The molecular formula is C12H18ClN5O. The maximum atomic E-state index is 11.4. The van der Waals surface area contributed by atoms with Gasteiger partial charge in [-0.3, -0.25) is 4.79 Å². The fourth-order valence-corrected chi connectivity index (χ4v) is 2.59. The van der Waals surface area contributed by atoms with E-state index in [4.69, 9.17) is 23.1 Å². The molecule has 2 rings (SSSR count). The van der Waals surface area contributed by atoms with Crippen LogP contribution in [0.25, 0.3) is 0 Å². The Balaban J connectivity index is 2.36. The lowest BCUT2D eigenvalue weighted by Crippen LogP contribution is -2.46. The minimum Gasteiger partial charge on any atom is -0.394 e. The third-order valence-electron chi connectivity index (χ3n) is 3.65. The third-order valence-corrected chi connectivity index (χ3v) is 3.81. The number of piperidine rings is 1. The van der Waals surface area contributed by atoms with E-state index in [2.05, 4.69) is 16.9 Å². The molecule has 0 saturated carbocycles. The quantitative estimate of drug-likeness (QED) is 0.792. The van der Waals surface area contributed by atoms with Crippen molar-refractivity contribution >= 4 is 29.0 Å². The highest BCUT2D eigenvalue weighted by Crippen LogP contribution is 2.31. The fourth-order valence-electron chi connectivity index (χ4n) is 2.39. The highest BCUT2D eigenvalue weighted by Gasteiger charge is 2.31. The molecule has 4 N–H and O–H groups in total. The number of aryl methyl sites for hydroxylation is 1. The van der Waals surface area contributed by atoms with Crippen LogP contribution in [0.1, 0.15) is 25.5 Å². The number of hydrogen-bond donors (Lipinski definition) is 2. The lowest BCUT2D eigenvalue weighted by molar-refractivity contribution is -0.122. The summed E-state index contributed by atoms with van der Waals surface area (Å²) in [5, 5.41) is 0.162. The van der Waals surface area contributed by atoms with E-state index in [-0.39, 0.29) is 23.2 Å². The maximum absolute atomic E-state index is 11.4. The van der Waals surface area contributed by atoms with Gasteiger partial charge in [0.25, 0.3) is 0 Å². The number of rotatable bonds is 2. The summed E-state index contributed by atoms with van der Waals surface area (Å²) in [6, 6.07) is 0.239. The van der Waals surface area contributed by atoms with E-state index in [0.717, 1.165) is 12.8 Å². The smallest absolute Gasteiger partial charge is 0.224 e. The summed E-state index contributed by atoms with van der Waals surface area (Å²) in [4.78, 5) is 21.6. The summed E-state index contributed by atoms with van der Waals surface area (Å²) in [7, 11) is 0. The molecule has 1 aromatic heterocycles. The van der Waals surface area contributed by atoms with Crippen molar-refractivity contribution in [2.75, 3.05) is 17.2 Å². The molecule has 19 heavy (non-hydrogen) atoms. The Bertz CT molecular complexity index is 507. The molecule has 1 aliphatic rings. The first-order chi connectivity index (χ1) is 8.90. The highest BCUT2D eigenvalue weighted by molar-refractivity contribution is 6.28. The number of hydrogen-bond acceptors (Lipinski definition) is 5. The van der Waals surface area contributed by atoms with E-state index in [1.165, 1.54) is 0 Å². The first-order valence-corrected chi connectivity index (χ1v) is 6.63. The van der Waals surface area contributed by atoms with E-state index in [0.29, 0.717) is 23.7 Å². The first kappa shape index (κ1) is 13.9. The van der Waals surface area contributed by atoms with Crippen molar-refractivity contribution in [1.82, 2.24) is 9.97 Å². The fraction of sp³-hybridized carbons (Fsp3) is 0.583. The summed E-state index contributed by atoms with van der Waals surface area (Å²) in [5.41, 5.74) is 12.6. The van der Waals surface area contributed by atoms with E-state index < -0.39 is 0 Å². The van der Waals surface area contributed by atoms with Crippen LogP contribution in [0.5, 0.6) is 0 Å². The molecule has 7 heteroatoms. The van der Waals surface area contributed by atoms with Crippen LogP contribution in [0, 0.1) is 12.8 Å². The van der Waals surface area contributed by atoms with Crippen LogP contribution in [-0.2, 0) is 4.79 Å². The second kappa shape index (κ2) is 5.21. The second-order valence-corrected chi connectivity index (χ2v) is 5.33. The monoisotopic (exact) mass is 283 g/mol. The zero-order chi connectivity index (χ0) is 14.2. The van der Waals surface area contributed by atoms with Gasteiger partial charge in [-0.2, -0.15) is 4.98 Å². The van der Waals surface area contributed by atoms with Gasteiger partial charge in [0.2, 0.25) is 11.2 Å². The Hall–Kier alpha value is -1.56. The van der Waals surface area contributed by atoms with E-state index in [1.54, 1.807) is 6.92 Å². The number of primary amides is 1. The van der Waals surface area contributed by atoms with Gasteiger partial charge < -0.3 is 16.4 Å². The number of halogens is 1. The number of amides is 1. The molecular weight excluding hydrogens is 266 g/mol. The molecule has 104 valence electrons. The van der Waals surface area contributed by atoms with Crippen LogP contribution < -0.4 is 16.4 Å². The third kappa shape index (κ3) is 2.73. The first-order valence-electron chi connectivity index (χ1n) is 6.25. The van der Waals surface area contributed by atoms with Gasteiger partial charge in [0.15, 0.2) is 5.82 Å². The largest absolute Gasteiger partial charge is 0.394 e. The number of aromatic nitrogens is 2. The number of nitrogens with zero attached hydrogens (tertiary/aromatic N) is 3. The lowest BCUT2D eigenvalue weighted by Gasteiger charge is -2.38. The predicted molar refractivity (Wildman–Crippen MR) is 74.9 cm³/mol. The van der Waals surface area contributed by atoms with Gasteiger partial charge in [-0.05, 0) is 38.3 Å². The molecule has 1 aliphatic heterocycles. The molecule has 0 bridgehead atoms. The second-order valence-electron chi connectivity index (χ2n) is 4.99. The van der Waals surface area contributed by atoms with Gasteiger partial charge >= 0.3 is 0 Å². The Kier molecular flexibility index (Phi) is 3.80. The molecule has 2 heterocycles. The average molecular weight is 284 g/mol. The average Bonchev–Trinajstić information content (AvgIpc) is 2.34. The molecule has 0 aliphatic carbocycles. The summed E-state index contributed by atoms with van der Waals surface area (Å²) in [6.07, 6.45) is 1.67. The number of nitrogens with two attached hydrogens (primary N) is 2. The van der Waals surface area contributed by atoms with Crippen LogP contribution in [0.15, 0.2) is 0 Å². The highest BCUT2D eigenvalue weighted by atomic mass is 35.5. The molecule has 0 aromatic carbocycles. The van der Waals surface area contributed by atoms with Gasteiger partial charge in [0.1, 0.15) is 0 Å². The van der Waals surface area contributed by atoms with Crippen molar-refractivity contribution in [2.24, 2.45) is 11.7 Å². The summed E-state index contributed by atoms with van der Waals surface area (Å²) in [6.45, 7) is 4.38. The number of carbonyl (C=O) groups is 1. The van der Waals surface area contributed by atoms with Gasteiger partial charge in [0, 0.05) is 12.6 Å². The van der Waals surface area contributed by atoms with Crippen LogP contribution in [0.3, 0.4) is 0 Å². The van der Waals surface area contributed by atoms with E-state index >= 15 is 0 Å². The number of nitrogen functional groups attached to an aromatic ring is 1. The van der Waals surface area contributed by atoms with Crippen LogP contribution >= 0.6 is 11.6 Å². The minimum atomic E-state index is -0.285. The van der Waals surface area contributed by atoms with Gasteiger partial charge in [-0.25, -0.2) is 4.98 Å². The molecule has 2 unspecified atom stereocenters. The summed E-state index contributed by atoms with van der Waals surface area (Å²) < 4.78 is 0. The van der Waals surface area contributed by atoms with Gasteiger partial charge in [-0.1, -0.05) is 0 Å². The van der Waals surface area contributed by atoms with Gasteiger partial charge in [0.05, 0.1) is 17.3 Å².